The maximum absolute atomic E-state index is 12.5. The first-order chi connectivity index (χ1) is 9.24. The third-order valence-electron chi connectivity index (χ3n) is 3.59. The molecule has 1 aromatic rings. The standard InChI is InChI=1S/C13H16BrNO4S/c1-9-3-4-10(14)7-11(9)20(18,19)15-13(5-2-6-13)8-12(16)17/h3-4,7,15H,2,5-6,8H2,1H3,(H,16,17). The predicted molar refractivity (Wildman–Crippen MR) is 78.0 cm³/mol. The van der Waals surface area contributed by atoms with Crippen LogP contribution in [0.15, 0.2) is 27.6 Å². The second kappa shape index (κ2) is 5.46. The van der Waals surface area contributed by atoms with Crippen molar-refractivity contribution in [3.05, 3.63) is 28.2 Å². The quantitative estimate of drug-likeness (QED) is 0.843. The van der Waals surface area contributed by atoms with Gasteiger partial charge in [0.2, 0.25) is 10.0 Å². The van der Waals surface area contributed by atoms with E-state index in [1.54, 1.807) is 19.1 Å². The summed E-state index contributed by atoms with van der Waals surface area (Å²) in [7, 11) is -3.72. The van der Waals surface area contributed by atoms with E-state index in [-0.39, 0.29) is 11.3 Å². The molecule has 2 N–H and O–H groups in total. The summed E-state index contributed by atoms with van der Waals surface area (Å²) >= 11 is 3.25. The fourth-order valence-electron chi connectivity index (χ4n) is 2.41. The molecule has 0 heterocycles. The minimum Gasteiger partial charge on any atom is -0.481 e. The number of carboxylic acid groups (broad SMARTS) is 1. The lowest BCUT2D eigenvalue weighted by atomic mass is 9.75. The van der Waals surface area contributed by atoms with Crippen LogP contribution in [0.2, 0.25) is 0 Å². The third-order valence-corrected chi connectivity index (χ3v) is 5.80. The lowest BCUT2D eigenvalue weighted by Gasteiger charge is -2.41. The van der Waals surface area contributed by atoms with Crippen LogP contribution in [0.25, 0.3) is 0 Å². The molecule has 0 amide bonds. The van der Waals surface area contributed by atoms with E-state index in [9.17, 15) is 13.2 Å². The van der Waals surface area contributed by atoms with Crippen LogP contribution in [-0.2, 0) is 14.8 Å². The van der Waals surface area contributed by atoms with Crippen LogP contribution >= 0.6 is 15.9 Å². The summed E-state index contributed by atoms with van der Waals surface area (Å²) in [6, 6.07) is 5.01. The predicted octanol–water partition coefficient (Wildman–Crippen LogP) is 2.43. The zero-order valence-corrected chi connectivity index (χ0v) is 13.4. The fraction of sp³-hybridized carbons (Fsp3) is 0.462. The Morgan fingerprint density at radius 2 is 2.10 bits per heavy atom. The summed E-state index contributed by atoms with van der Waals surface area (Å²) in [5.74, 6) is -0.988. The first-order valence-electron chi connectivity index (χ1n) is 6.26. The fourth-order valence-corrected chi connectivity index (χ4v) is 4.65. The van der Waals surface area contributed by atoms with Crippen molar-refractivity contribution in [2.24, 2.45) is 0 Å². The van der Waals surface area contributed by atoms with Gasteiger partial charge in [-0.2, -0.15) is 0 Å². The number of halogens is 1. The molecule has 5 nitrogen and oxygen atoms in total. The van der Waals surface area contributed by atoms with Crippen LogP contribution in [0.1, 0.15) is 31.2 Å². The Hall–Kier alpha value is -0.920. The van der Waals surface area contributed by atoms with E-state index in [2.05, 4.69) is 20.7 Å². The number of aliphatic carboxylic acids is 1. The molecule has 0 bridgehead atoms. The van der Waals surface area contributed by atoms with Crippen molar-refractivity contribution in [1.29, 1.82) is 0 Å². The van der Waals surface area contributed by atoms with Gasteiger partial charge in [0.05, 0.1) is 11.3 Å². The van der Waals surface area contributed by atoms with E-state index in [1.165, 1.54) is 6.07 Å². The smallest absolute Gasteiger partial charge is 0.305 e. The van der Waals surface area contributed by atoms with Crippen LogP contribution in [0.4, 0.5) is 0 Å². The number of aryl methyl sites for hydroxylation is 1. The lowest BCUT2D eigenvalue weighted by molar-refractivity contribution is -0.139. The molecule has 0 radical (unpaired) electrons. The molecule has 1 fully saturated rings. The van der Waals surface area contributed by atoms with Crippen LogP contribution in [-0.4, -0.2) is 25.0 Å². The number of benzene rings is 1. The van der Waals surface area contributed by atoms with Gasteiger partial charge in [-0.15, -0.1) is 0 Å². The van der Waals surface area contributed by atoms with E-state index in [0.29, 0.717) is 22.9 Å². The molecule has 20 heavy (non-hydrogen) atoms. The summed E-state index contributed by atoms with van der Waals surface area (Å²) < 4.78 is 28.2. The summed E-state index contributed by atoms with van der Waals surface area (Å²) in [4.78, 5) is 11.1. The van der Waals surface area contributed by atoms with Crippen LogP contribution in [0.3, 0.4) is 0 Å². The molecule has 0 saturated heterocycles. The first kappa shape index (κ1) is 15.5. The molecule has 0 aromatic heterocycles. The Morgan fingerprint density at radius 3 is 2.60 bits per heavy atom. The minimum absolute atomic E-state index is 0.181. The molecule has 110 valence electrons. The monoisotopic (exact) mass is 361 g/mol. The molecular weight excluding hydrogens is 346 g/mol. The van der Waals surface area contributed by atoms with Gasteiger partial charge < -0.3 is 5.11 Å². The Labute approximate surface area is 126 Å². The highest BCUT2D eigenvalue weighted by atomic mass is 79.9. The van der Waals surface area contributed by atoms with E-state index < -0.39 is 21.5 Å². The maximum atomic E-state index is 12.5. The first-order valence-corrected chi connectivity index (χ1v) is 8.54. The summed E-state index contributed by atoms with van der Waals surface area (Å²) in [5.41, 5.74) is -0.204. The van der Waals surface area contributed by atoms with Gasteiger partial charge in [-0.25, -0.2) is 13.1 Å². The topological polar surface area (TPSA) is 83.5 Å². The van der Waals surface area contributed by atoms with Gasteiger partial charge in [-0.3, -0.25) is 4.79 Å². The minimum atomic E-state index is -3.72. The summed E-state index contributed by atoms with van der Waals surface area (Å²) in [5, 5.41) is 8.94. The normalized spacial score (nSPS) is 17.5. The summed E-state index contributed by atoms with van der Waals surface area (Å²) in [6.07, 6.45) is 1.78. The number of hydrogen-bond donors (Lipinski definition) is 2. The average molecular weight is 362 g/mol. The van der Waals surface area contributed by atoms with Crippen molar-refractivity contribution in [1.82, 2.24) is 4.72 Å². The second-order valence-electron chi connectivity index (χ2n) is 5.22. The average Bonchev–Trinajstić information content (AvgIpc) is 2.28. The van der Waals surface area contributed by atoms with Crippen LogP contribution in [0.5, 0.6) is 0 Å². The van der Waals surface area contributed by atoms with Crippen molar-refractivity contribution in [2.45, 2.75) is 43.0 Å². The number of sulfonamides is 1. The number of hydrogen-bond acceptors (Lipinski definition) is 3. The molecule has 0 aliphatic heterocycles. The number of rotatable bonds is 5. The molecule has 2 rings (SSSR count). The maximum Gasteiger partial charge on any atom is 0.305 e. The van der Waals surface area contributed by atoms with Gasteiger partial charge in [-0.05, 0) is 43.9 Å². The van der Waals surface area contributed by atoms with E-state index in [0.717, 1.165) is 6.42 Å². The molecular formula is C13H16BrNO4S. The Balaban J connectivity index is 2.31. The van der Waals surface area contributed by atoms with Gasteiger partial charge in [-0.1, -0.05) is 22.0 Å². The molecule has 0 unspecified atom stereocenters. The molecule has 1 aliphatic carbocycles. The van der Waals surface area contributed by atoms with E-state index in [1.807, 2.05) is 0 Å². The molecule has 1 aliphatic rings. The Morgan fingerprint density at radius 1 is 1.45 bits per heavy atom. The van der Waals surface area contributed by atoms with Crippen molar-refractivity contribution in [3.8, 4) is 0 Å². The molecule has 1 aromatic carbocycles. The Kier molecular flexibility index (Phi) is 4.22. The largest absolute Gasteiger partial charge is 0.481 e. The van der Waals surface area contributed by atoms with Gasteiger partial charge >= 0.3 is 5.97 Å². The Bertz CT molecular complexity index is 638. The zero-order valence-electron chi connectivity index (χ0n) is 11.0. The summed E-state index contributed by atoms with van der Waals surface area (Å²) in [6.45, 7) is 1.71. The molecule has 7 heteroatoms. The highest BCUT2D eigenvalue weighted by Gasteiger charge is 2.42. The number of carboxylic acids is 1. The van der Waals surface area contributed by atoms with Gasteiger partial charge in [0.15, 0.2) is 0 Å². The van der Waals surface area contributed by atoms with Gasteiger partial charge in [0.1, 0.15) is 0 Å². The van der Waals surface area contributed by atoms with Crippen LogP contribution in [0, 0.1) is 6.92 Å². The zero-order chi connectivity index (χ0) is 15.0. The number of nitrogens with one attached hydrogen (secondary N) is 1. The lowest BCUT2D eigenvalue weighted by Crippen LogP contribution is -2.54. The second-order valence-corrected chi connectivity index (χ2v) is 7.79. The van der Waals surface area contributed by atoms with E-state index in [4.69, 9.17) is 5.11 Å². The highest BCUT2D eigenvalue weighted by molar-refractivity contribution is 9.10. The molecule has 0 spiro atoms. The molecule has 1 saturated carbocycles. The van der Waals surface area contributed by atoms with E-state index >= 15 is 0 Å². The van der Waals surface area contributed by atoms with Crippen molar-refractivity contribution >= 4 is 31.9 Å². The van der Waals surface area contributed by atoms with Crippen molar-refractivity contribution in [3.63, 3.8) is 0 Å². The molecule has 0 atom stereocenters. The van der Waals surface area contributed by atoms with Gasteiger partial charge in [0, 0.05) is 10.0 Å². The highest BCUT2D eigenvalue weighted by Crippen LogP contribution is 2.36. The number of carbonyl (C=O) groups is 1. The van der Waals surface area contributed by atoms with Crippen molar-refractivity contribution < 1.29 is 18.3 Å². The van der Waals surface area contributed by atoms with Crippen molar-refractivity contribution in [2.75, 3.05) is 0 Å². The van der Waals surface area contributed by atoms with Gasteiger partial charge in [0.25, 0.3) is 0 Å². The third kappa shape index (κ3) is 3.21. The van der Waals surface area contributed by atoms with Crippen LogP contribution < -0.4 is 4.72 Å². The SMILES string of the molecule is Cc1ccc(Br)cc1S(=O)(=O)NC1(CC(=O)O)CCC1.